The predicted octanol–water partition coefficient (Wildman–Crippen LogP) is 1.39. The first-order valence-electron chi connectivity index (χ1n) is 2.69. The highest BCUT2D eigenvalue weighted by Crippen LogP contribution is 2.35. The maximum atomic E-state index is 10.6. The van der Waals surface area contributed by atoms with Crippen LogP contribution in [-0.2, 0) is 10.7 Å². The van der Waals surface area contributed by atoms with E-state index in [0.717, 1.165) is 5.56 Å². The fourth-order valence-electron chi connectivity index (χ4n) is 0.644. The quantitative estimate of drug-likeness (QED) is 0.671. The van der Waals surface area contributed by atoms with Crippen LogP contribution in [0.5, 0.6) is 0 Å². The second-order valence-electron chi connectivity index (χ2n) is 2.05. The van der Waals surface area contributed by atoms with Crippen molar-refractivity contribution >= 4 is 18.9 Å². The monoisotopic (exact) mass is 177 g/mol. The molecule has 56 valence electrons. The lowest BCUT2D eigenvalue weighted by Crippen LogP contribution is -1.95. The molecule has 0 saturated heterocycles. The summed E-state index contributed by atoms with van der Waals surface area (Å²) in [5, 5.41) is 3.67. The number of hydrogen-bond acceptors (Lipinski definition) is 2. The summed E-state index contributed by atoms with van der Waals surface area (Å²) in [4.78, 5) is 8.73. The van der Waals surface area contributed by atoms with Crippen LogP contribution in [0, 0.1) is 0 Å². The van der Waals surface area contributed by atoms with Crippen molar-refractivity contribution in [2.45, 2.75) is 6.16 Å². The average Bonchev–Trinajstić information content (AvgIpc) is 2.12. The molecule has 1 heterocycles. The van der Waals surface area contributed by atoms with E-state index in [1.54, 1.807) is 6.07 Å². The Labute approximate surface area is 63.0 Å². The standard InChI is InChI=1S/C5H8NO2PS/c6-9(7,8)3-5-1-2-10-4-5/h1-2,4H,3H2,(H3,6,7,8). The van der Waals surface area contributed by atoms with Crippen molar-refractivity contribution in [3.63, 3.8) is 0 Å². The van der Waals surface area contributed by atoms with E-state index in [2.05, 4.69) is 0 Å². The molecule has 0 aromatic carbocycles. The molecule has 3 nitrogen and oxygen atoms in total. The first-order valence-corrected chi connectivity index (χ1v) is 5.55. The number of rotatable bonds is 2. The molecule has 1 aromatic heterocycles. The SMILES string of the molecule is NP(=O)(O)Cc1ccsc1. The van der Waals surface area contributed by atoms with Gasteiger partial charge in [0.25, 0.3) is 7.52 Å². The largest absolute Gasteiger partial charge is 0.333 e. The Morgan fingerprint density at radius 1 is 1.80 bits per heavy atom. The molecule has 0 amide bonds. The van der Waals surface area contributed by atoms with Crippen molar-refractivity contribution in [1.29, 1.82) is 0 Å². The Balaban J connectivity index is 2.66. The zero-order valence-corrected chi connectivity index (χ0v) is 6.94. The first kappa shape index (κ1) is 7.95. The fraction of sp³-hybridized carbons (Fsp3) is 0.200. The molecule has 3 N–H and O–H groups in total. The fourth-order valence-corrected chi connectivity index (χ4v) is 2.16. The van der Waals surface area contributed by atoms with E-state index in [1.165, 1.54) is 11.3 Å². The van der Waals surface area contributed by atoms with Crippen molar-refractivity contribution in [2.75, 3.05) is 0 Å². The van der Waals surface area contributed by atoms with Gasteiger partial charge in [-0.05, 0) is 22.4 Å². The van der Waals surface area contributed by atoms with Gasteiger partial charge in [0.15, 0.2) is 0 Å². The highest BCUT2D eigenvalue weighted by Gasteiger charge is 2.10. The maximum Gasteiger partial charge on any atom is 0.268 e. The molecule has 5 heteroatoms. The minimum absolute atomic E-state index is 0.0799. The van der Waals surface area contributed by atoms with Gasteiger partial charge >= 0.3 is 0 Å². The lowest BCUT2D eigenvalue weighted by molar-refractivity contribution is 0.478. The molecule has 0 spiro atoms. The average molecular weight is 177 g/mol. The molecule has 0 aliphatic carbocycles. The van der Waals surface area contributed by atoms with Gasteiger partial charge < -0.3 is 4.89 Å². The first-order chi connectivity index (χ1) is 4.58. The topological polar surface area (TPSA) is 63.3 Å². The van der Waals surface area contributed by atoms with Crippen LogP contribution in [0.15, 0.2) is 16.8 Å². The van der Waals surface area contributed by atoms with Crippen molar-refractivity contribution in [1.82, 2.24) is 0 Å². The summed E-state index contributed by atoms with van der Waals surface area (Å²) in [6.07, 6.45) is 0.0799. The van der Waals surface area contributed by atoms with Crippen LogP contribution < -0.4 is 5.50 Å². The van der Waals surface area contributed by atoms with Crippen LogP contribution in [0.1, 0.15) is 5.56 Å². The molecule has 1 rings (SSSR count). The third-order valence-electron chi connectivity index (χ3n) is 0.989. The van der Waals surface area contributed by atoms with E-state index in [4.69, 9.17) is 10.4 Å². The van der Waals surface area contributed by atoms with Gasteiger partial charge in [0.1, 0.15) is 0 Å². The van der Waals surface area contributed by atoms with Gasteiger partial charge in [-0.15, -0.1) is 0 Å². The van der Waals surface area contributed by atoms with Crippen LogP contribution in [0.25, 0.3) is 0 Å². The molecule has 0 bridgehead atoms. The van der Waals surface area contributed by atoms with Crippen LogP contribution in [0.2, 0.25) is 0 Å². The molecular formula is C5H8NO2PS. The van der Waals surface area contributed by atoms with Gasteiger partial charge in [0.2, 0.25) is 0 Å². The second kappa shape index (κ2) is 2.84. The molecule has 0 radical (unpaired) electrons. The van der Waals surface area contributed by atoms with Crippen LogP contribution in [0.3, 0.4) is 0 Å². The Morgan fingerprint density at radius 3 is 2.90 bits per heavy atom. The highest BCUT2D eigenvalue weighted by atomic mass is 32.1. The second-order valence-corrected chi connectivity index (χ2v) is 4.65. The lowest BCUT2D eigenvalue weighted by Gasteiger charge is -2.00. The van der Waals surface area contributed by atoms with Crippen LogP contribution >= 0.6 is 18.9 Å². The minimum atomic E-state index is -3.35. The number of thiophene rings is 1. The molecule has 1 aromatic rings. The van der Waals surface area contributed by atoms with Gasteiger partial charge in [-0.2, -0.15) is 11.3 Å². The summed E-state index contributed by atoms with van der Waals surface area (Å²) < 4.78 is 10.6. The van der Waals surface area contributed by atoms with Crippen molar-refractivity contribution < 1.29 is 9.46 Å². The molecule has 0 fully saturated rings. The number of hydrogen-bond donors (Lipinski definition) is 2. The van der Waals surface area contributed by atoms with E-state index in [-0.39, 0.29) is 6.16 Å². The van der Waals surface area contributed by atoms with E-state index in [9.17, 15) is 4.57 Å². The van der Waals surface area contributed by atoms with E-state index in [1.807, 2.05) is 10.8 Å². The lowest BCUT2D eigenvalue weighted by atomic mass is 10.4. The molecule has 1 atom stereocenters. The molecule has 10 heavy (non-hydrogen) atoms. The highest BCUT2D eigenvalue weighted by molar-refractivity contribution is 7.54. The van der Waals surface area contributed by atoms with E-state index < -0.39 is 7.52 Å². The van der Waals surface area contributed by atoms with Crippen molar-refractivity contribution in [2.24, 2.45) is 5.50 Å². The zero-order chi connectivity index (χ0) is 7.61. The van der Waals surface area contributed by atoms with Gasteiger partial charge in [-0.25, -0.2) is 0 Å². The summed E-state index contributed by atoms with van der Waals surface area (Å²) in [6.45, 7) is 0. The summed E-state index contributed by atoms with van der Waals surface area (Å²) >= 11 is 1.49. The third kappa shape index (κ3) is 2.62. The normalized spacial score (nSPS) is 16.6. The zero-order valence-electron chi connectivity index (χ0n) is 5.23. The van der Waals surface area contributed by atoms with Crippen LogP contribution in [-0.4, -0.2) is 4.89 Å². The van der Waals surface area contributed by atoms with Crippen molar-refractivity contribution in [3.05, 3.63) is 22.4 Å². The van der Waals surface area contributed by atoms with Gasteiger partial charge in [0, 0.05) is 0 Å². The van der Waals surface area contributed by atoms with Gasteiger partial charge in [-0.3, -0.25) is 10.1 Å². The van der Waals surface area contributed by atoms with Gasteiger partial charge in [0.05, 0.1) is 6.16 Å². The van der Waals surface area contributed by atoms with E-state index >= 15 is 0 Å². The molecule has 0 aliphatic rings. The van der Waals surface area contributed by atoms with Gasteiger partial charge in [-0.1, -0.05) is 0 Å². The Kier molecular flexibility index (Phi) is 2.26. The minimum Gasteiger partial charge on any atom is -0.333 e. The Bertz CT molecular complexity index is 240. The maximum absolute atomic E-state index is 10.6. The summed E-state index contributed by atoms with van der Waals surface area (Å²) in [5.74, 6) is 0. The number of nitrogens with two attached hydrogens (primary N) is 1. The predicted molar refractivity (Wildman–Crippen MR) is 42.0 cm³/mol. The molecule has 1 unspecified atom stereocenters. The smallest absolute Gasteiger partial charge is 0.268 e. The Morgan fingerprint density at radius 2 is 2.50 bits per heavy atom. The Hall–Kier alpha value is -0.150. The summed E-state index contributed by atoms with van der Waals surface area (Å²) in [7, 11) is -3.35. The summed E-state index contributed by atoms with van der Waals surface area (Å²) in [5.41, 5.74) is 5.77. The van der Waals surface area contributed by atoms with Crippen molar-refractivity contribution in [3.8, 4) is 0 Å². The molecular weight excluding hydrogens is 169 g/mol. The molecule has 0 saturated carbocycles. The van der Waals surface area contributed by atoms with Crippen LogP contribution in [0.4, 0.5) is 0 Å². The third-order valence-corrected chi connectivity index (χ3v) is 2.54. The van der Waals surface area contributed by atoms with E-state index in [0.29, 0.717) is 0 Å². The molecule has 0 aliphatic heterocycles. The summed E-state index contributed by atoms with van der Waals surface area (Å²) in [6, 6.07) is 1.79.